The Hall–Kier alpha value is -1.99. The van der Waals surface area contributed by atoms with Crippen LogP contribution in [0.25, 0.3) is 0 Å². The first-order valence-corrected chi connectivity index (χ1v) is 8.90. The number of morpholine rings is 1. The molecule has 6 nitrogen and oxygen atoms in total. The SMILES string of the molecule is CNc1cc(C)nc([C@@H]2CN(C(=O)Cc3csc(C)n3)CCO2)c1. The molecule has 128 valence electrons. The summed E-state index contributed by atoms with van der Waals surface area (Å²) >= 11 is 1.57. The van der Waals surface area contributed by atoms with E-state index in [0.29, 0.717) is 26.1 Å². The van der Waals surface area contributed by atoms with Crippen molar-refractivity contribution in [1.29, 1.82) is 0 Å². The zero-order chi connectivity index (χ0) is 17.1. The first-order valence-electron chi connectivity index (χ1n) is 8.02. The molecule has 1 fully saturated rings. The van der Waals surface area contributed by atoms with Crippen molar-refractivity contribution in [3.63, 3.8) is 0 Å². The van der Waals surface area contributed by atoms with Gasteiger partial charge in [-0.25, -0.2) is 4.98 Å². The number of hydrogen-bond donors (Lipinski definition) is 1. The largest absolute Gasteiger partial charge is 0.388 e. The minimum Gasteiger partial charge on any atom is -0.388 e. The second-order valence-electron chi connectivity index (χ2n) is 5.91. The van der Waals surface area contributed by atoms with E-state index < -0.39 is 0 Å². The number of amides is 1. The van der Waals surface area contributed by atoms with Gasteiger partial charge in [0.2, 0.25) is 5.91 Å². The Morgan fingerprint density at radius 3 is 2.96 bits per heavy atom. The van der Waals surface area contributed by atoms with Gasteiger partial charge in [-0.3, -0.25) is 9.78 Å². The fourth-order valence-electron chi connectivity index (χ4n) is 2.81. The lowest BCUT2D eigenvalue weighted by Crippen LogP contribution is -2.43. The van der Waals surface area contributed by atoms with Gasteiger partial charge in [-0.05, 0) is 26.0 Å². The van der Waals surface area contributed by atoms with E-state index in [-0.39, 0.29) is 12.0 Å². The number of anilines is 1. The van der Waals surface area contributed by atoms with Crippen LogP contribution in [-0.4, -0.2) is 47.5 Å². The smallest absolute Gasteiger partial charge is 0.228 e. The molecule has 0 aromatic carbocycles. The number of aryl methyl sites for hydroxylation is 2. The lowest BCUT2D eigenvalue weighted by Gasteiger charge is -2.33. The fraction of sp³-hybridized carbons (Fsp3) is 0.471. The van der Waals surface area contributed by atoms with E-state index in [4.69, 9.17) is 4.74 Å². The Morgan fingerprint density at radius 2 is 2.25 bits per heavy atom. The summed E-state index contributed by atoms with van der Waals surface area (Å²) in [6, 6.07) is 3.97. The summed E-state index contributed by atoms with van der Waals surface area (Å²) in [4.78, 5) is 23.3. The van der Waals surface area contributed by atoms with Crippen molar-refractivity contribution in [1.82, 2.24) is 14.9 Å². The van der Waals surface area contributed by atoms with E-state index >= 15 is 0 Å². The minimum absolute atomic E-state index is 0.0927. The number of nitrogens with one attached hydrogen (secondary N) is 1. The van der Waals surface area contributed by atoms with Gasteiger partial charge in [-0.15, -0.1) is 11.3 Å². The molecule has 3 rings (SSSR count). The van der Waals surface area contributed by atoms with E-state index in [1.165, 1.54) is 0 Å². The third-order valence-electron chi connectivity index (χ3n) is 4.01. The number of nitrogens with zero attached hydrogens (tertiary/aromatic N) is 3. The normalized spacial score (nSPS) is 17.8. The molecule has 24 heavy (non-hydrogen) atoms. The number of pyridine rings is 1. The van der Waals surface area contributed by atoms with Crippen LogP contribution in [-0.2, 0) is 16.0 Å². The Labute approximate surface area is 145 Å². The maximum absolute atomic E-state index is 12.5. The molecule has 1 saturated heterocycles. The van der Waals surface area contributed by atoms with Crippen molar-refractivity contribution in [3.8, 4) is 0 Å². The molecule has 1 amide bonds. The van der Waals surface area contributed by atoms with Crippen LogP contribution in [0.1, 0.15) is 28.2 Å². The molecule has 7 heteroatoms. The maximum atomic E-state index is 12.5. The third-order valence-corrected chi connectivity index (χ3v) is 4.83. The van der Waals surface area contributed by atoms with E-state index in [1.54, 1.807) is 11.3 Å². The topological polar surface area (TPSA) is 67.4 Å². The molecule has 2 aromatic heterocycles. The summed E-state index contributed by atoms with van der Waals surface area (Å²) in [7, 11) is 1.88. The monoisotopic (exact) mass is 346 g/mol. The highest BCUT2D eigenvalue weighted by Gasteiger charge is 2.27. The molecule has 0 aliphatic carbocycles. The number of rotatable bonds is 4. The van der Waals surface area contributed by atoms with Crippen LogP contribution in [0.5, 0.6) is 0 Å². The molecule has 1 aliphatic rings. The fourth-order valence-corrected chi connectivity index (χ4v) is 3.43. The van der Waals surface area contributed by atoms with Crippen LogP contribution in [0.3, 0.4) is 0 Å². The van der Waals surface area contributed by atoms with Crippen molar-refractivity contribution in [2.75, 3.05) is 32.1 Å². The van der Waals surface area contributed by atoms with Gasteiger partial charge in [0.1, 0.15) is 6.10 Å². The predicted octanol–water partition coefficient (Wildman–Crippen LogP) is 2.34. The molecule has 2 aromatic rings. The Morgan fingerprint density at radius 1 is 1.42 bits per heavy atom. The highest BCUT2D eigenvalue weighted by Crippen LogP contribution is 2.24. The molecular weight excluding hydrogens is 324 g/mol. The summed E-state index contributed by atoms with van der Waals surface area (Å²) in [6.45, 7) is 5.58. The number of hydrogen-bond acceptors (Lipinski definition) is 6. The summed E-state index contributed by atoms with van der Waals surface area (Å²) in [6.07, 6.45) is 0.159. The number of ether oxygens (including phenoxy) is 1. The van der Waals surface area contributed by atoms with Gasteiger partial charge in [0.15, 0.2) is 0 Å². The van der Waals surface area contributed by atoms with Crippen molar-refractivity contribution in [2.45, 2.75) is 26.4 Å². The van der Waals surface area contributed by atoms with Crippen LogP contribution in [0.15, 0.2) is 17.5 Å². The van der Waals surface area contributed by atoms with Crippen LogP contribution in [0.2, 0.25) is 0 Å². The van der Waals surface area contributed by atoms with Gasteiger partial charge in [0.25, 0.3) is 0 Å². The highest BCUT2D eigenvalue weighted by atomic mass is 32.1. The Bertz CT molecular complexity index is 731. The molecule has 1 N–H and O–H groups in total. The lowest BCUT2D eigenvalue weighted by atomic mass is 10.1. The van der Waals surface area contributed by atoms with Gasteiger partial charge in [-0.1, -0.05) is 0 Å². The first kappa shape index (κ1) is 16.9. The van der Waals surface area contributed by atoms with Gasteiger partial charge in [0.05, 0.1) is 36.0 Å². The van der Waals surface area contributed by atoms with E-state index in [0.717, 1.165) is 27.8 Å². The molecule has 0 unspecified atom stereocenters. The third kappa shape index (κ3) is 3.91. The summed E-state index contributed by atoms with van der Waals surface area (Å²) < 4.78 is 5.86. The zero-order valence-electron chi connectivity index (χ0n) is 14.2. The molecule has 3 heterocycles. The van der Waals surface area contributed by atoms with Crippen LogP contribution < -0.4 is 5.32 Å². The average molecular weight is 346 g/mol. The number of aromatic nitrogens is 2. The number of carbonyl (C=O) groups is 1. The molecular formula is C17H22N4O2S. The summed E-state index contributed by atoms with van der Waals surface area (Å²) in [5.74, 6) is 0.0927. The van der Waals surface area contributed by atoms with Gasteiger partial charge in [0, 0.05) is 30.4 Å². The van der Waals surface area contributed by atoms with Gasteiger partial charge < -0.3 is 15.0 Å². The first-order chi connectivity index (χ1) is 11.5. The maximum Gasteiger partial charge on any atom is 0.228 e. The number of thiazole rings is 1. The molecule has 1 aliphatic heterocycles. The molecule has 0 bridgehead atoms. The van der Waals surface area contributed by atoms with Crippen molar-refractivity contribution < 1.29 is 9.53 Å². The second kappa shape index (κ2) is 7.27. The Balaban J connectivity index is 1.69. The van der Waals surface area contributed by atoms with Crippen molar-refractivity contribution in [2.24, 2.45) is 0 Å². The quantitative estimate of drug-likeness (QED) is 0.920. The standard InChI is InChI=1S/C17H22N4O2S/c1-11-6-13(18-3)7-15(19-11)16-9-21(4-5-23-16)17(22)8-14-10-24-12(2)20-14/h6-7,10,16H,4-5,8-9H2,1-3H3,(H,18,19)/t16-/m0/s1. The van der Waals surface area contributed by atoms with E-state index in [9.17, 15) is 4.79 Å². The average Bonchev–Trinajstić information content (AvgIpc) is 2.99. The van der Waals surface area contributed by atoms with Crippen molar-refractivity contribution >= 4 is 22.9 Å². The lowest BCUT2D eigenvalue weighted by molar-refractivity contribution is -0.138. The molecule has 1 atom stereocenters. The molecule has 0 radical (unpaired) electrons. The van der Waals surface area contributed by atoms with Gasteiger partial charge in [-0.2, -0.15) is 0 Å². The zero-order valence-corrected chi connectivity index (χ0v) is 15.0. The summed E-state index contributed by atoms with van der Waals surface area (Å²) in [5, 5.41) is 6.07. The number of carbonyl (C=O) groups excluding carboxylic acids is 1. The van der Waals surface area contributed by atoms with Crippen LogP contribution in [0.4, 0.5) is 5.69 Å². The molecule has 0 saturated carbocycles. The highest BCUT2D eigenvalue weighted by molar-refractivity contribution is 7.09. The second-order valence-corrected chi connectivity index (χ2v) is 6.97. The minimum atomic E-state index is -0.188. The molecule has 0 spiro atoms. The van der Waals surface area contributed by atoms with Crippen LogP contribution in [0, 0.1) is 13.8 Å². The predicted molar refractivity (Wildman–Crippen MR) is 94.3 cm³/mol. The van der Waals surface area contributed by atoms with Crippen molar-refractivity contribution in [3.05, 3.63) is 39.6 Å². The van der Waals surface area contributed by atoms with Crippen LogP contribution >= 0.6 is 11.3 Å². The van der Waals surface area contributed by atoms with E-state index in [1.807, 2.05) is 43.3 Å². The van der Waals surface area contributed by atoms with Gasteiger partial charge >= 0.3 is 0 Å². The summed E-state index contributed by atoms with van der Waals surface area (Å²) in [5.41, 5.74) is 3.64. The Kier molecular flexibility index (Phi) is 5.11. The van der Waals surface area contributed by atoms with E-state index in [2.05, 4.69) is 15.3 Å².